The van der Waals surface area contributed by atoms with Gasteiger partial charge in [-0.15, -0.1) is 0 Å². The van der Waals surface area contributed by atoms with Gasteiger partial charge in [0.25, 0.3) is 0 Å². The summed E-state index contributed by atoms with van der Waals surface area (Å²) in [4.78, 5) is 40.0. The van der Waals surface area contributed by atoms with Crippen molar-refractivity contribution in [3.8, 4) is 11.5 Å². The molecule has 0 fully saturated rings. The van der Waals surface area contributed by atoms with Crippen LogP contribution in [0.1, 0.15) is 5.56 Å². The number of esters is 2. The fraction of sp³-hybridized carbons (Fsp3) is 0.200. The molecule has 0 bridgehead atoms. The number of aromatic nitrogens is 1. The quantitative estimate of drug-likeness (QED) is 0.493. The summed E-state index contributed by atoms with van der Waals surface area (Å²) in [5, 5.41) is 0. The molecular formula is C20H19FN2O6. The molecule has 0 atom stereocenters. The zero-order chi connectivity index (χ0) is 21.2. The molecule has 0 unspecified atom stereocenters. The van der Waals surface area contributed by atoms with Gasteiger partial charge < -0.3 is 19.1 Å². The third-order valence-corrected chi connectivity index (χ3v) is 3.64. The average Bonchev–Trinajstić information content (AvgIpc) is 2.73. The van der Waals surface area contributed by atoms with E-state index in [-0.39, 0.29) is 5.75 Å². The Morgan fingerprint density at radius 3 is 2.34 bits per heavy atom. The smallest absolute Gasteiger partial charge is 0.325 e. The number of methoxy groups -OCH3 is 2. The standard InChI is InChI=1S/C20H19FN2O6/c1-27-19(25)12-23(13-20(26)28-2)18(24)8-6-14-5-7-17(16(21)10-14)29-15-4-3-9-22-11-15/h3-11H,12-13H2,1-2H3/b8-6+. The first-order chi connectivity index (χ1) is 13.9. The maximum absolute atomic E-state index is 14.3. The number of carbonyl (C=O) groups excluding carboxylic acids is 3. The Bertz CT molecular complexity index is 883. The second-order valence-electron chi connectivity index (χ2n) is 5.66. The van der Waals surface area contributed by atoms with Crippen molar-refractivity contribution in [2.45, 2.75) is 0 Å². The summed E-state index contributed by atoms with van der Waals surface area (Å²) >= 11 is 0. The van der Waals surface area contributed by atoms with E-state index in [0.29, 0.717) is 11.3 Å². The summed E-state index contributed by atoms with van der Waals surface area (Å²) in [6, 6.07) is 7.43. The topological polar surface area (TPSA) is 95.0 Å². The van der Waals surface area contributed by atoms with E-state index in [1.165, 1.54) is 24.4 Å². The molecule has 0 aliphatic rings. The van der Waals surface area contributed by atoms with Gasteiger partial charge in [-0.05, 0) is 35.9 Å². The lowest BCUT2D eigenvalue weighted by Crippen LogP contribution is -2.39. The highest BCUT2D eigenvalue weighted by molar-refractivity contribution is 5.95. The summed E-state index contributed by atoms with van der Waals surface area (Å²) in [6.07, 6.45) is 5.48. The van der Waals surface area contributed by atoms with Crippen LogP contribution in [0.4, 0.5) is 4.39 Å². The normalized spacial score (nSPS) is 10.4. The van der Waals surface area contributed by atoms with Crippen molar-refractivity contribution >= 4 is 23.9 Å². The van der Waals surface area contributed by atoms with E-state index < -0.39 is 36.8 Å². The Labute approximate surface area is 166 Å². The molecule has 0 saturated carbocycles. The van der Waals surface area contributed by atoms with Crippen molar-refractivity contribution in [2.75, 3.05) is 27.3 Å². The molecule has 0 N–H and O–H groups in total. The molecule has 1 amide bonds. The number of amides is 1. The lowest BCUT2D eigenvalue weighted by Gasteiger charge is -2.18. The molecule has 1 aromatic heterocycles. The van der Waals surface area contributed by atoms with Crippen LogP contribution in [0.25, 0.3) is 6.08 Å². The largest absolute Gasteiger partial charge is 0.468 e. The Morgan fingerprint density at radius 1 is 1.10 bits per heavy atom. The van der Waals surface area contributed by atoms with Gasteiger partial charge in [0.1, 0.15) is 18.8 Å². The van der Waals surface area contributed by atoms with Crippen molar-refractivity contribution < 1.29 is 33.0 Å². The molecule has 152 valence electrons. The van der Waals surface area contributed by atoms with Gasteiger partial charge in [0.05, 0.1) is 20.4 Å². The van der Waals surface area contributed by atoms with Gasteiger partial charge >= 0.3 is 11.9 Å². The van der Waals surface area contributed by atoms with E-state index in [0.717, 1.165) is 25.2 Å². The lowest BCUT2D eigenvalue weighted by molar-refractivity contribution is -0.150. The van der Waals surface area contributed by atoms with Crippen molar-refractivity contribution in [1.82, 2.24) is 9.88 Å². The molecule has 0 radical (unpaired) electrons. The summed E-state index contributed by atoms with van der Waals surface area (Å²) in [7, 11) is 2.33. The van der Waals surface area contributed by atoms with Crippen molar-refractivity contribution in [1.29, 1.82) is 0 Å². The predicted molar refractivity (Wildman–Crippen MR) is 100 cm³/mol. The number of halogens is 1. The summed E-state index contributed by atoms with van der Waals surface area (Å²) in [6.45, 7) is -0.859. The molecule has 0 spiro atoms. The minimum absolute atomic E-state index is 0.000476. The van der Waals surface area contributed by atoms with E-state index in [1.807, 2.05) is 0 Å². The average molecular weight is 402 g/mol. The van der Waals surface area contributed by atoms with E-state index >= 15 is 0 Å². The van der Waals surface area contributed by atoms with Crippen LogP contribution in [-0.2, 0) is 23.9 Å². The molecule has 9 heteroatoms. The minimum atomic E-state index is -0.696. The summed E-state index contributed by atoms with van der Waals surface area (Å²) in [5.41, 5.74) is 0.380. The van der Waals surface area contributed by atoms with Gasteiger partial charge in [0.2, 0.25) is 5.91 Å². The van der Waals surface area contributed by atoms with E-state index in [4.69, 9.17) is 4.74 Å². The Balaban J connectivity index is 2.09. The third kappa shape index (κ3) is 6.73. The molecule has 0 aliphatic heterocycles. The van der Waals surface area contributed by atoms with E-state index in [2.05, 4.69) is 14.5 Å². The number of hydrogen-bond acceptors (Lipinski definition) is 7. The minimum Gasteiger partial charge on any atom is -0.468 e. The first-order valence-electron chi connectivity index (χ1n) is 8.41. The summed E-state index contributed by atoms with van der Waals surface area (Å²) in [5.74, 6) is -2.29. The van der Waals surface area contributed by atoms with Gasteiger partial charge in [-0.25, -0.2) is 4.39 Å². The number of ether oxygens (including phenoxy) is 3. The van der Waals surface area contributed by atoms with Gasteiger partial charge in [0.15, 0.2) is 11.6 Å². The van der Waals surface area contributed by atoms with Crippen LogP contribution in [0, 0.1) is 5.82 Å². The highest BCUT2D eigenvalue weighted by atomic mass is 19.1. The number of benzene rings is 1. The van der Waals surface area contributed by atoms with E-state index in [1.54, 1.807) is 24.4 Å². The number of hydrogen-bond donors (Lipinski definition) is 0. The van der Waals surface area contributed by atoms with Crippen molar-refractivity contribution in [3.05, 3.63) is 60.2 Å². The molecule has 29 heavy (non-hydrogen) atoms. The van der Waals surface area contributed by atoms with Crippen LogP contribution in [0.3, 0.4) is 0 Å². The molecule has 2 aromatic rings. The monoisotopic (exact) mass is 402 g/mol. The van der Waals surface area contributed by atoms with Crippen LogP contribution >= 0.6 is 0 Å². The SMILES string of the molecule is COC(=O)CN(CC(=O)OC)C(=O)/C=C/c1ccc(Oc2cccnc2)c(F)c1. The highest BCUT2D eigenvalue weighted by Crippen LogP contribution is 2.24. The fourth-order valence-electron chi connectivity index (χ4n) is 2.16. The number of carbonyl (C=O) groups is 3. The van der Waals surface area contributed by atoms with Gasteiger partial charge in [0, 0.05) is 12.3 Å². The number of rotatable bonds is 8. The van der Waals surface area contributed by atoms with Crippen LogP contribution in [0.15, 0.2) is 48.8 Å². The molecule has 2 rings (SSSR count). The van der Waals surface area contributed by atoms with Crippen LogP contribution in [0.2, 0.25) is 0 Å². The first-order valence-corrected chi connectivity index (χ1v) is 8.41. The lowest BCUT2D eigenvalue weighted by atomic mass is 10.2. The number of pyridine rings is 1. The zero-order valence-corrected chi connectivity index (χ0v) is 15.8. The van der Waals surface area contributed by atoms with Crippen LogP contribution in [-0.4, -0.2) is 55.0 Å². The molecular weight excluding hydrogens is 383 g/mol. The van der Waals surface area contributed by atoms with Gasteiger partial charge in [-0.3, -0.25) is 19.4 Å². The predicted octanol–water partition coefficient (Wildman–Crippen LogP) is 2.20. The maximum atomic E-state index is 14.3. The van der Waals surface area contributed by atoms with Crippen LogP contribution < -0.4 is 4.74 Å². The highest BCUT2D eigenvalue weighted by Gasteiger charge is 2.19. The van der Waals surface area contributed by atoms with Gasteiger partial charge in [-0.2, -0.15) is 0 Å². The molecule has 1 aromatic carbocycles. The molecule has 0 aliphatic carbocycles. The van der Waals surface area contributed by atoms with Crippen molar-refractivity contribution in [2.24, 2.45) is 0 Å². The third-order valence-electron chi connectivity index (χ3n) is 3.64. The van der Waals surface area contributed by atoms with E-state index in [9.17, 15) is 18.8 Å². The van der Waals surface area contributed by atoms with Crippen LogP contribution in [0.5, 0.6) is 11.5 Å². The Kier molecular flexibility index (Phi) is 7.84. The fourth-order valence-corrected chi connectivity index (χ4v) is 2.16. The Hall–Kier alpha value is -3.75. The zero-order valence-electron chi connectivity index (χ0n) is 15.8. The van der Waals surface area contributed by atoms with Crippen molar-refractivity contribution in [3.63, 3.8) is 0 Å². The molecule has 0 saturated heterocycles. The Morgan fingerprint density at radius 2 is 1.79 bits per heavy atom. The molecule has 1 heterocycles. The maximum Gasteiger partial charge on any atom is 0.325 e. The second-order valence-corrected chi connectivity index (χ2v) is 5.66. The number of nitrogens with zero attached hydrogens (tertiary/aromatic N) is 2. The molecule has 8 nitrogen and oxygen atoms in total. The first kappa shape index (κ1) is 21.5. The second kappa shape index (κ2) is 10.5. The van der Waals surface area contributed by atoms with Gasteiger partial charge in [-0.1, -0.05) is 6.07 Å². The summed E-state index contributed by atoms with van der Waals surface area (Å²) < 4.78 is 28.7.